The SMILES string of the molecule is NC(=S)C(C(=O)NC1CCS(=O)(=O)CC1)c1ccccc1. The molecule has 1 fully saturated rings. The van der Waals surface area contributed by atoms with E-state index in [1.165, 1.54) is 0 Å². The number of rotatable bonds is 4. The second-order valence-corrected chi connectivity index (χ2v) is 7.96. The van der Waals surface area contributed by atoms with E-state index in [4.69, 9.17) is 18.0 Å². The van der Waals surface area contributed by atoms with Gasteiger partial charge < -0.3 is 11.1 Å². The van der Waals surface area contributed by atoms with Crippen molar-refractivity contribution in [1.29, 1.82) is 0 Å². The number of carbonyl (C=O) groups excluding carboxylic acids is 1. The predicted molar refractivity (Wildman–Crippen MR) is 85.8 cm³/mol. The van der Waals surface area contributed by atoms with Crippen molar-refractivity contribution in [1.82, 2.24) is 5.32 Å². The minimum absolute atomic E-state index is 0.112. The van der Waals surface area contributed by atoms with Crippen molar-refractivity contribution < 1.29 is 13.2 Å². The number of hydrogen-bond acceptors (Lipinski definition) is 4. The Labute approximate surface area is 129 Å². The van der Waals surface area contributed by atoms with E-state index < -0.39 is 15.8 Å². The molecule has 7 heteroatoms. The number of amides is 1. The molecule has 0 radical (unpaired) electrons. The molecular formula is C14H18N2O3S2. The van der Waals surface area contributed by atoms with E-state index in [9.17, 15) is 13.2 Å². The van der Waals surface area contributed by atoms with Crippen LogP contribution in [-0.2, 0) is 14.6 Å². The first-order chi connectivity index (χ1) is 9.89. The van der Waals surface area contributed by atoms with Crippen LogP contribution in [-0.4, -0.2) is 36.9 Å². The lowest BCUT2D eigenvalue weighted by molar-refractivity contribution is -0.121. The molecular weight excluding hydrogens is 308 g/mol. The van der Waals surface area contributed by atoms with Crippen molar-refractivity contribution in [2.45, 2.75) is 24.8 Å². The van der Waals surface area contributed by atoms with E-state index >= 15 is 0 Å². The van der Waals surface area contributed by atoms with Gasteiger partial charge in [0.2, 0.25) is 5.91 Å². The third kappa shape index (κ3) is 4.25. The molecule has 1 amide bonds. The van der Waals surface area contributed by atoms with Gasteiger partial charge in [0.05, 0.1) is 16.5 Å². The molecule has 1 saturated heterocycles. The Bertz CT molecular complexity index is 615. The van der Waals surface area contributed by atoms with Crippen LogP contribution in [0.3, 0.4) is 0 Å². The predicted octanol–water partition coefficient (Wildman–Crippen LogP) is 0.750. The van der Waals surface area contributed by atoms with Gasteiger partial charge in [-0.05, 0) is 18.4 Å². The molecule has 3 N–H and O–H groups in total. The van der Waals surface area contributed by atoms with Crippen molar-refractivity contribution in [3.8, 4) is 0 Å². The maximum absolute atomic E-state index is 12.4. The third-order valence-corrected chi connectivity index (χ3v) is 5.53. The fourth-order valence-corrected chi connectivity index (χ4v) is 4.14. The van der Waals surface area contributed by atoms with Gasteiger partial charge in [-0.15, -0.1) is 0 Å². The van der Waals surface area contributed by atoms with Crippen LogP contribution in [0.2, 0.25) is 0 Å². The van der Waals surface area contributed by atoms with Crippen molar-refractivity contribution >= 4 is 33.0 Å². The molecule has 0 aliphatic carbocycles. The molecule has 1 heterocycles. The maximum atomic E-state index is 12.4. The van der Waals surface area contributed by atoms with Gasteiger partial charge in [-0.2, -0.15) is 0 Å². The minimum atomic E-state index is -2.94. The first-order valence-electron chi connectivity index (χ1n) is 6.74. The zero-order chi connectivity index (χ0) is 15.5. The van der Waals surface area contributed by atoms with Crippen molar-refractivity contribution in [3.63, 3.8) is 0 Å². The molecule has 1 atom stereocenters. The molecule has 1 unspecified atom stereocenters. The third-order valence-electron chi connectivity index (χ3n) is 3.58. The molecule has 5 nitrogen and oxygen atoms in total. The Morgan fingerprint density at radius 1 is 1.24 bits per heavy atom. The summed E-state index contributed by atoms with van der Waals surface area (Å²) in [6.07, 6.45) is 0.875. The maximum Gasteiger partial charge on any atom is 0.234 e. The number of thiocarbonyl (C=S) groups is 1. The average molecular weight is 326 g/mol. The highest BCUT2D eigenvalue weighted by molar-refractivity contribution is 7.91. The molecule has 0 aromatic heterocycles. The molecule has 1 aromatic carbocycles. The first kappa shape index (κ1) is 15.9. The number of carbonyl (C=O) groups is 1. The van der Waals surface area contributed by atoms with Gasteiger partial charge in [-0.1, -0.05) is 42.5 Å². The molecule has 21 heavy (non-hydrogen) atoms. The van der Waals surface area contributed by atoms with Crippen molar-refractivity contribution in [2.75, 3.05) is 11.5 Å². The lowest BCUT2D eigenvalue weighted by Gasteiger charge is -2.25. The van der Waals surface area contributed by atoms with Crippen molar-refractivity contribution in [3.05, 3.63) is 35.9 Å². The van der Waals surface area contributed by atoms with Gasteiger partial charge in [0.1, 0.15) is 15.8 Å². The molecule has 0 bridgehead atoms. The van der Waals surface area contributed by atoms with E-state index in [0.717, 1.165) is 5.56 Å². The number of hydrogen-bond donors (Lipinski definition) is 2. The monoisotopic (exact) mass is 326 g/mol. The zero-order valence-corrected chi connectivity index (χ0v) is 13.1. The quantitative estimate of drug-likeness (QED) is 0.797. The highest BCUT2D eigenvalue weighted by Crippen LogP contribution is 2.18. The van der Waals surface area contributed by atoms with Gasteiger partial charge >= 0.3 is 0 Å². The number of nitrogens with two attached hydrogens (primary N) is 1. The minimum Gasteiger partial charge on any atom is -0.392 e. The van der Waals surface area contributed by atoms with Crippen LogP contribution in [0, 0.1) is 0 Å². The van der Waals surface area contributed by atoms with Gasteiger partial charge in [-0.25, -0.2) is 8.42 Å². The summed E-state index contributed by atoms with van der Waals surface area (Å²) in [5.74, 6) is -0.722. The van der Waals surface area contributed by atoms with E-state index in [1.807, 2.05) is 18.2 Å². The molecule has 2 rings (SSSR count). The Balaban J connectivity index is 2.05. The molecule has 1 aliphatic heterocycles. The van der Waals surface area contributed by atoms with Crippen molar-refractivity contribution in [2.24, 2.45) is 5.73 Å². The first-order valence-corrected chi connectivity index (χ1v) is 8.97. The van der Waals surface area contributed by atoms with Crippen LogP contribution in [0.15, 0.2) is 30.3 Å². The largest absolute Gasteiger partial charge is 0.392 e. The van der Waals surface area contributed by atoms with Crippen LogP contribution in [0.5, 0.6) is 0 Å². The van der Waals surface area contributed by atoms with E-state index in [0.29, 0.717) is 12.8 Å². The van der Waals surface area contributed by atoms with Gasteiger partial charge in [-0.3, -0.25) is 4.79 Å². The summed E-state index contributed by atoms with van der Waals surface area (Å²) in [7, 11) is -2.94. The molecule has 1 aromatic rings. The smallest absolute Gasteiger partial charge is 0.234 e. The Hall–Kier alpha value is -1.47. The summed E-state index contributed by atoms with van der Waals surface area (Å²) < 4.78 is 22.8. The lowest BCUT2D eigenvalue weighted by atomic mass is 9.97. The Kier molecular flexibility index (Phi) is 4.95. The fourth-order valence-electron chi connectivity index (χ4n) is 2.41. The number of nitrogens with one attached hydrogen (secondary N) is 1. The summed E-state index contributed by atoms with van der Waals surface area (Å²) in [5.41, 5.74) is 6.43. The summed E-state index contributed by atoms with van der Waals surface area (Å²) in [5, 5.41) is 2.87. The average Bonchev–Trinajstić information content (AvgIpc) is 2.42. The summed E-state index contributed by atoms with van der Waals surface area (Å²) >= 11 is 5.00. The standard InChI is InChI=1S/C14H18N2O3S2/c15-13(20)12(10-4-2-1-3-5-10)14(17)16-11-6-8-21(18,19)9-7-11/h1-5,11-12H,6-9H2,(H2,15,20)(H,16,17). The fraction of sp³-hybridized carbons (Fsp3) is 0.429. The highest BCUT2D eigenvalue weighted by Gasteiger charge is 2.29. The summed E-state index contributed by atoms with van der Waals surface area (Å²) in [4.78, 5) is 12.5. The summed E-state index contributed by atoms with van der Waals surface area (Å²) in [6, 6.07) is 8.96. The molecule has 1 aliphatic rings. The highest BCUT2D eigenvalue weighted by atomic mass is 32.2. The molecule has 0 saturated carbocycles. The van der Waals surface area contributed by atoms with Crippen LogP contribution < -0.4 is 11.1 Å². The van der Waals surface area contributed by atoms with Gasteiger partial charge in [0.15, 0.2) is 0 Å². The number of sulfone groups is 1. The Morgan fingerprint density at radius 3 is 2.33 bits per heavy atom. The van der Waals surface area contributed by atoms with Crippen LogP contribution >= 0.6 is 12.2 Å². The normalized spacial score (nSPS) is 19.6. The number of benzene rings is 1. The Morgan fingerprint density at radius 2 is 1.81 bits per heavy atom. The van der Waals surface area contributed by atoms with Gasteiger partial charge in [0, 0.05) is 6.04 Å². The van der Waals surface area contributed by atoms with E-state index in [-0.39, 0.29) is 28.4 Å². The topological polar surface area (TPSA) is 89.3 Å². The second-order valence-electron chi connectivity index (χ2n) is 5.18. The van der Waals surface area contributed by atoms with Crippen LogP contribution in [0.4, 0.5) is 0 Å². The lowest BCUT2D eigenvalue weighted by Crippen LogP contribution is -2.45. The van der Waals surface area contributed by atoms with Crippen LogP contribution in [0.1, 0.15) is 24.3 Å². The molecule has 0 spiro atoms. The second kappa shape index (κ2) is 6.53. The van der Waals surface area contributed by atoms with E-state index in [1.54, 1.807) is 12.1 Å². The van der Waals surface area contributed by atoms with Crippen LogP contribution in [0.25, 0.3) is 0 Å². The van der Waals surface area contributed by atoms with Gasteiger partial charge in [0.25, 0.3) is 0 Å². The molecule has 114 valence electrons. The zero-order valence-electron chi connectivity index (χ0n) is 11.5. The summed E-state index contributed by atoms with van der Waals surface area (Å²) in [6.45, 7) is 0. The van der Waals surface area contributed by atoms with E-state index in [2.05, 4.69) is 5.32 Å².